The number of nitrogens with one attached hydrogen (secondary N) is 3. The molecule has 0 aromatic heterocycles. The van der Waals surface area contributed by atoms with Gasteiger partial charge in [-0.1, -0.05) is 0 Å². The van der Waals surface area contributed by atoms with Crippen molar-refractivity contribution in [2.24, 2.45) is 11.5 Å². The molecule has 26 heavy (non-hydrogen) atoms. The summed E-state index contributed by atoms with van der Waals surface area (Å²) < 4.78 is 0. The number of aliphatic hydroxyl groups is 2. The average Bonchev–Trinajstić information content (AvgIpc) is 2.55. The first kappa shape index (κ1) is 23.2. The molecule has 0 aromatic rings. The predicted octanol–water partition coefficient (Wildman–Crippen LogP) is -5.27. The van der Waals surface area contributed by atoms with Crippen LogP contribution in [0.4, 0.5) is 0 Å². The van der Waals surface area contributed by atoms with E-state index in [1.54, 1.807) is 0 Å². The van der Waals surface area contributed by atoms with Crippen LogP contribution in [0.25, 0.3) is 0 Å². The van der Waals surface area contributed by atoms with Gasteiger partial charge in [0, 0.05) is 0 Å². The second kappa shape index (κ2) is 11.0. The first-order chi connectivity index (χ1) is 12.0. The second-order valence-electron chi connectivity index (χ2n) is 5.30. The first-order valence-electron chi connectivity index (χ1n) is 7.43. The first-order valence-corrected chi connectivity index (χ1v) is 7.43. The van der Waals surface area contributed by atoms with Gasteiger partial charge in [-0.05, 0) is 6.92 Å². The van der Waals surface area contributed by atoms with E-state index < -0.39 is 73.4 Å². The fourth-order valence-corrected chi connectivity index (χ4v) is 1.77. The number of hydrogen-bond donors (Lipinski definition) is 8. The van der Waals surface area contributed by atoms with Crippen molar-refractivity contribution >= 4 is 29.6 Å². The van der Waals surface area contributed by atoms with E-state index in [4.69, 9.17) is 16.6 Å². The van der Waals surface area contributed by atoms with Crippen molar-refractivity contribution in [3.8, 4) is 0 Å². The molecule has 0 aliphatic heterocycles. The van der Waals surface area contributed by atoms with Gasteiger partial charge >= 0.3 is 5.97 Å². The number of carboxylic acids is 1. The van der Waals surface area contributed by atoms with Crippen LogP contribution in [-0.2, 0) is 24.0 Å². The highest BCUT2D eigenvalue weighted by atomic mass is 16.4. The number of nitrogens with two attached hydrogens (primary N) is 2. The van der Waals surface area contributed by atoms with Gasteiger partial charge in [-0.3, -0.25) is 19.2 Å². The van der Waals surface area contributed by atoms with Crippen molar-refractivity contribution in [3.63, 3.8) is 0 Å². The van der Waals surface area contributed by atoms with Crippen molar-refractivity contribution in [2.75, 3.05) is 13.2 Å². The summed E-state index contributed by atoms with van der Waals surface area (Å²) in [6, 6.07) is -4.72. The van der Waals surface area contributed by atoms with E-state index in [-0.39, 0.29) is 0 Å². The lowest BCUT2D eigenvalue weighted by Crippen LogP contribution is -2.59. The van der Waals surface area contributed by atoms with E-state index in [1.807, 2.05) is 10.6 Å². The smallest absolute Gasteiger partial charge is 0.328 e. The topological polar surface area (TPSA) is 234 Å². The molecule has 4 unspecified atom stereocenters. The monoisotopic (exact) mass is 377 g/mol. The van der Waals surface area contributed by atoms with Crippen LogP contribution in [0.15, 0.2) is 0 Å². The van der Waals surface area contributed by atoms with Crippen LogP contribution in [-0.4, -0.2) is 82.3 Å². The molecule has 4 amide bonds. The molecule has 0 fully saturated rings. The molecule has 148 valence electrons. The number of rotatable bonds is 11. The van der Waals surface area contributed by atoms with Gasteiger partial charge in [-0.15, -0.1) is 0 Å². The molecule has 13 nitrogen and oxygen atoms in total. The molecule has 4 atom stereocenters. The summed E-state index contributed by atoms with van der Waals surface area (Å²) in [6.07, 6.45) is -2.04. The predicted molar refractivity (Wildman–Crippen MR) is 85.1 cm³/mol. The fourth-order valence-electron chi connectivity index (χ4n) is 1.77. The minimum Gasteiger partial charge on any atom is -0.480 e. The van der Waals surface area contributed by atoms with Crippen LogP contribution >= 0.6 is 0 Å². The maximum atomic E-state index is 12.1. The molecular weight excluding hydrogens is 354 g/mol. The molecule has 0 aliphatic rings. The van der Waals surface area contributed by atoms with Crippen molar-refractivity contribution in [2.45, 2.75) is 37.6 Å². The van der Waals surface area contributed by atoms with Gasteiger partial charge in [0.1, 0.15) is 12.1 Å². The summed E-state index contributed by atoms with van der Waals surface area (Å²) in [5, 5.41) is 33.6. The summed E-state index contributed by atoms with van der Waals surface area (Å²) >= 11 is 0. The van der Waals surface area contributed by atoms with Gasteiger partial charge in [0.2, 0.25) is 23.6 Å². The number of aliphatic carboxylic acids is 1. The van der Waals surface area contributed by atoms with Crippen LogP contribution in [0.5, 0.6) is 0 Å². The van der Waals surface area contributed by atoms with Crippen molar-refractivity contribution in [3.05, 3.63) is 0 Å². The normalized spacial score (nSPS) is 15.1. The highest BCUT2D eigenvalue weighted by Gasteiger charge is 2.31. The number of primary amides is 1. The Kier molecular flexibility index (Phi) is 9.80. The highest BCUT2D eigenvalue weighted by molar-refractivity contribution is 5.95. The number of hydrogen-bond acceptors (Lipinski definition) is 8. The van der Waals surface area contributed by atoms with Crippen molar-refractivity contribution in [1.82, 2.24) is 16.0 Å². The molecule has 10 N–H and O–H groups in total. The number of aliphatic hydroxyl groups excluding tert-OH is 2. The largest absolute Gasteiger partial charge is 0.480 e. The molecular formula is C13H23N5O8. The van der Waals surface area contributed by atoms with E-state index >= 15 is 0 Å². The number of amides is 4. The van der Waals surface area contributed by atoms with Crippen LogP contribution in [0.1, 0.15) is 13.3 Å². The van der Waals surface area contributed by atoms with Crippen LogP contribution in [0.3, 0.4) is 0 Å². The minimum atomic E-state index is -1.67. The highest BCUT2D eigenvalue weighted by Crippen LogP contribution is 1.97. The average molecular weight is 377 g/mol. The summed E-state index contributed by atoms with van der Waals surface area (Å²) in [4.78, 5) is 57.4. The van der Waals surface area contributed by atoms with Gasteiger partial charge in [-0.2, -0.15) is 0 Å². The van der Waals surface area contributed by atoms with Crippen molar-refractivity contribution in [1.29, 1.82) is 0 Å². The summed E-state index contributed by atoms with van der Waals surface area (Å²) in [7, 11) is 0. The van der Waals surface area contributed by atoms with E-state index in [0.717, 1.165) is 6.92 Å². The maximum Gasteiger partial charge on any atom is 0.328 e. The molecule has 0 saturated heterocycles. The molecule has 0 spiro atoms. The minimum absolute atomic E-state index is 0.471. The Balaban J connectivity index is 5.10. The van der Waals surface area contributed by atoms with E-state index in [9.17, 15) is 34.2 Å². The Morgan fingerprint density at radius 1 is 1.00 bits per heavy atom. The zero-order chi connectivity index (χ0) is 20.4. The molecule has 0 aliphatic carbocycles. The molecule has 0 heterocycles. The third-order valence-corrected chi connectivity index (χ3v) is 3.10. The van der Waals surface area contributed by atoms with E-state index in [0.29, 0.717) is 0 Å². The Hall–Kier alpha value is -2.77. The SMILES string of the molecule is CC(O)C(NC(=O)C(CO)NC(=O)C(CC(N)=O)NC(=O)CN)C(=O)O. The van der Waals surface area contributed by atoms with Crippen molar-refractivity contribution < 1.29 is 39.3 Å². The molecule has 13 heteroatoms. The van der Waals surface area contributed by atoms with Gasteiger partial charge in [0.25, 0.3) is 0 Å². The van der Waals surface area contributed by atoms with Gasteiger partial charge in [-0.25, -0.2) is 4.79 Å². The van der Waals surface area contributed by atoms with Gasteiger partial charge < -0.3 is 42.7 Å². The summed E-state index contributed by atoms with van der Waals surface area (Å²) in [5.41, 5.74) is 10.1. The lowest BCUT2D eigenvalue weighted by molar-refractivity contribution is -0.145. The zero-order valence-corrected chi connectivity index (χ0v) is 14.0. The standard InChI is InChI=1S/C13H23N5O8/c1-5(20)10(13(25)26)18-12(24)7(4-19)17-11(23)6(2-8(15)21)16-9(22)3-14/h5-7,10,19-20H,2-4,14H2,1H3,(H2,15,21)(H,16,22)(H,17,23)(H,18,24)(H,25,26). The Bertz CT molecular complexity index is 553. The lowest BCUT2D eigenvalue weighted by atomic mass is 10.1. The molecule has 0 bridgehead atoms. The molecule has 0 aromatic carbocycles. The van der Waals surface area contributed by atoms with E-state index in [1.165, 1.54) is 0 Å². The zero-order valence-electron chi connectivity index (χ0n) is 14.0. The quantitative estimate of drug-likeness (QED) is 0.171. The third kappa shape index (κ3) is 7.87. The summed E-state index contributed by atoms with van der Waals surface area (Å²) in [5.74, 6) is -5.34. The summed E-state index contributed by atoms with van der Waals surface area (Å²) in [6.45, 7) is -0.268. The molecule has 0 saturated carbocycles. The number of carbonyl (C=O) groups is 5. The Morgan fingerprint density at radius 2 is 1.54 bits per heavy atom. The van der Waals surface area contributed by atoms with Gasteiger partial charge in [0.15, 0.2) is 6.04 Å². The van der Waals surface area contributed by atoms with Crippen LogP contribution < -0.4 is 27.4 Å². The second-order valence-corrected chi connectivity index (χ2v) is 5.30. The Labute approximate surface area is 148 Å². The maximum absolute atomic E-state index is 12.1. The van der Waals surface area contributed by atoms with E-state index in [2.05, 4.69) is 5.32 Å². The third-order valence-electron chi connectivity index (χ3n) is 3.10. The van der Waals surface area contributed by atoms with Crippen LogP contribution in [0.2, 0.25) is 0 Å². The number of carbonyl (C=O) groups excluding carboxylic acids is 4. The number of carboxylic acid groups (broad SMARTS) is 1. The Morgan fingerprint density at radius 3 is 1.92 bits per heavy atom. The van der Waals surface area contributed by atoms with Gasteiger partial charge in [0.05, 0.1) is 25.7 Å². The molecule has 0 radical (unpaired) electrons. The van der Waals surface area contributed by atoms with Crippen LogP contribution in [0, 0.1) is 0 Å². The molecule has 0 rings (SSSR count). The fraction of sp³-hybridized carbons (Fsp3) is 0.615. The lowest BCUT2D eigenvalue weighted by Gasteiger charge is -2.23.